The molecule has 2 aromatic rings. The van der Waals surface area contributed by atoms with Crippen molar-refractivity contribution in [1.29, 1.82) is 0 Å². The molecule has 0 bridgehead atoms. The summed E-state index contributed by atoms with van der Waals surface area (Å²) in [5, 5.41) is 2.96. The van der Waals surface area contributed by atoms with Gasteiger partial charge in [0.15, 0.2) is 0 Å². The van der Waals surface area contributed by atoms with Crippen molar-refractivity contribution in [3.8, 4) is 5.75 Å². The van der Waals surface area contributed by atoms with E-state index in [1.54, 1.807) is 31.4 Å². The molecule has 0 aliphatic heterocycles. The van der Waals surface area contributed by atoms with Crippen molar-refractivity contribution in [2.24, 2.45) is 0 Å². The minimum absolute atomic E-state index is 0.145. The molecule has 9 heteroatoms. The zero-order chi connectivity index (χ0) is 27.1. The maximum absolute atomic E-state index is 13.8. The summed E-state index contributed by atoms with van der Waals surface area (Å²) in [6, 6.07) is 13.6. The van der Waals surface area contributed by atoms with Gasteiger partial charge < -0.3 is 15.0 Å². The Hall–Kier alpha value is -3.07. The molecule has 0 fully saturated rings. The van der Waals surface area contributed by atoms with Gasteiger partial charge in [-0.3, -0.25) is 13.9 Å². The standard InChI is InChI=1S/C27H39N3O5S/c1-8-21-12-10-11-13-24(21)30(36(7,33)34)19-25(31)29(18-20-14-16-22(35-6)17-15-20)23(9-2)26(32)28-27(3,4)5/h10-17,23H,8-9,18-19H2,1-7H3,(H,28,32)/t23-/m0/s1. The Kier molecular flexibility index (Phi) is 9.93. The van der Waals surface area contributed by atoms with Gasteiger partial charge in [0, 0.05) is 12.1 Å². The molecule has 1 N–H and O–H groups in total. The topological polar surface area (TPSA) is 96.0 Å². The van der Waals surface area contributed by atoms with Crippen LogP contribution in [0.3, 0.4) is 0 Å². The number of carbonyl (C=O) groups excluding carboxylic acids is 2. The van der Waals surface area contributed by atoms with Crippen LogP contribution in [-0.4, -0.2) is 56.6 Å². The van der Waals surface area contributed by atoms with Crippen LogP contribution in [0.15, 0.2) is 48.5 Å². The van der Waals surface area contributed by atoms with Gasteiger partial charge in [0.1, 0.15) is 18.3 Å². The number of rotatable bonds is 11. The summed E-state index contributed by atoms with van der Waals surface area (Å²) in [6.45, 7) is 9.13. The lowest BCUT2D eigenvalue weighted by atomic mass is 10.1. The third-order valence-electron chi connectivity index (χ3n) is 5.72. The molecule has 0 aliphatic rings. The fourth-order valence-corrected chi connectivity index (χ4v) is 4.83. The number of amides is 2. The van der Waals surface area contributed by atoms with Gasteiger partial charge in [-0.25, -0.2) is 8.42 Å². The number of aryl methyl sites for hydroxylation is 1. The molecule has 8 nitrogen and oxygen atoms in total. The molecule has 2 rings (SSSR count). The minimum atomic E-state index is -3.77. The van der Waals surface area contributed by atoms with Crippen molar-refractivity contribution in [3.05, 3.63) is 59.7 Å². The molecule has 0 saturated carbocycles. The van der Waals surface area contributed by atoms with Gasteiger partial charge in [-0.1, -0.05) is 44.2 Å². The van der Waals surface area contributed by atoms with E-state index in [2.05, 4.69) is 5.32 Å². The third-order valence-corrected chi connectivity index (χ3v) is 6.84. The third kappa shape index (κ3) is 7.98. The molecular weight excluding hydrogens is 478 g/mol. The van der Waals surface area contributed by atoms with E-state index < -0.39 is 34.1 Å². The van der Waals surface area contributed by atoms with E-state index in [0.29, 0.717) is 24.3 Å². The number of methoxy groups -OCH3 is 1. The maximum Gasteiger partial charge on any atom is 0.244 e. The van der Waals surface area contributed by atoms with Crippen LogP contribution in [0.2, 0.25) is 0 Å². The summed E-state index contributed by atoms with van der Waals surface area (Å²) in [5.41, 5.74) is 1.59. The normalized spacial score (nSPS) is 12.5. The number of hydrogen-bond acceptors (Lipinski definition) is 5. The lowest BCUT2D eigenvalue weighted by Crippen LogP contribution is -2.55. The van der Waals surface area contributed by atoms with Crippen LogP contribution in [0, 0.1) is 0 Å². The number of benzene rings is 2. The maximum atomic E-state index is 13.8. The van der Waals surface area contributed by atoms with Gasteiger partial charge in [-0.05, 0) is 62.9 Å². The van der Waals surface area contributed by atoms with Crippen molar-refractivity contribution in [2.75, 3.05) is 24.2 Å². The Morgan fingerprint density at radius 2 is 1.64 bits per heavy atom. The van der Waals surface area contributed by atoms with E-state index in [4.69, 9.17) is 4.74 Å². The number of para-hydroxylation sites is 1. The Labute approximate surface area is 215 Å². The van der Waals surface area contributed by atoms with Crippen molar-refractivity contribution in [2.45, 2.75) is 65.6 Å². The molecule has 0 aliphatic carbocycles. The predicted octanol–water partition coefficient (Wildman–Crippen LogP) is 3.75. The van der Waals surface area contributed by atoms with Gasteiger partial charge in [0.25, 0.3) is 0 Å². The van der Waals surface area contributed by atoms with Crippen LogP contribution in [0.5, 0.6) is 5.75 Å². The second-order valence-corrected chi connectivity index (χ2v) is 11.7. The number of anilines is 1. The van der Waals surface area contributed by atoms with Gasteiger partial charge in [-0.2, -0.15) is 0 Å². The molecule has 0 radical (unpaired) electrons. The van der Waals surface area contributed by atoms with Crippen LogP contribution in [0.25, 0.3) is 0 Å². The highest BCUT2D eigenvalue weighted by atomic mass is 32.2. The summed E-state index contributed by atoms with van der Waals surface area (Å²) >= 11 is 0. The first kappa shape index (κ1) is 29.2. The van der Waals surface area contributed by atoms with Gasteiger partial charge >= 0.3 is 0 Å². The average molecular weight is 518 g/mol. The number of carbonyl (C=O) groups is 2. The van der Waals surface area contributed by atoms with Crippen molar-refractivity contribution in [1.82, 2.24) is 10.2 Å². The Balaban J connectivity index is 2.49. The molecule has 198 valence electrons. The monoisotopic (exact) mass is 517 g/mol. The van der Waals surface area contributed by atoms with E-state index in [1.807, 2.05) is 58.9 Å². The molecule has 36 heavy (non-hydrogen) atoms. The Morgan fingerprint density at radius 3 is 2.14 bits per heavy atom. The molecule has 0 aromatic heterocycles. The lowest BCUT2D eigenvalue weighted by Gasteiger charge is -2.34. The summed E-state index contributed by atoms with van der Waals surface area (Å²) in [4.78, 5) is 28.5. The van der Waals surface area contributed by atoms with E-state index >= 15 is 0 Å². The van der Waals surface area contributed by atoms with E-state index in [1.165, 1.54) is 4.90 Å². The van der Waals surface area contributed by atoms with E-state index in [0.717, 1.165) is 21.7 Å². The molecule has 1 atom stereocenters. The fraction of sp³-hybridized carbons (Fsp3) is 0.481. The van der Waals surface area contributed by atoms with Gasteiger partial charge in [-0.15, -0.1) is 0 Å². The predicted molar refractivity (Wildman–Crippen MR) is 144 cm³/mol. The van der Waals surface area contributed by atoms with Crippen LogP contribution >= 0.6 is 0 Å². The van der Waals surface area contributed by atoms with Crippen molar-refractivity contribution in [3.63, 3.8) is 0 Å². The van der Waals surface area contributed by atoms with Gasteiger partial charge in [0.05, 0.1) is 19.1 Å². The second kappa shape index (κ2) is 12.3. The molecule has 0 unspecified atom stereocenters. The average Bonchev–Trinajstić information content (AvgIpc) is 2.80. The van der Waals surface area contributed by atoms with E-state index in [9.17, 15) is 18.0 Å². The molecule has 0 saturated heterocycles. The number of ether oxygens (including phenoxy) is 1. The highest BCUT2D eigenvalue weighted by molar-refractivity contribution is 7.92. The molecule has 2 aromatic carbocycles. The second-order valence-electron chi connectivity index (χ2n) is 9.78. The summed E-state index contributed by atoms with van der Waals surface area (Å²) in [7, 11) is -2.20. The van der Waals surface area contributed by atoms with Gasteiger partial charge in [0.2, 0.25) is 21.8 Å². The van der Waals surface area contributed by atoms with Crippen molar-refractivity contribution < 1.29 is 22.7 Å². The quantitative estimate of drug-likeness (QED) is 0.490. The Morgan fingerprint density at radius 1 is 1.03 bits per heavy atom. The van der Waals surface area contributed by atoms with Crippen molar-refractivity contribution >= 4 is 27.5 Å². The molecule has 0 spiro atoms. The SMILES string of the molecule is CCc1ccccc1N(CC(=O)N(Cc1ccc(OC)cc1)[C@@H](CC)C(=O)NC(C)(C)C)S(C)(=O)=O. The Bertz CT molecular complexity index is 1140. The number of nitrogens with one attached hydrogen (secondary N) is 1. The van der Waals surface area contributed by atoms with Crippen LogP contribution in [-0.2, 0) is 32.6 Å². The van der Waals surface area contributed by atoms with E-state index in [-0.39, 0.29) is 12.5 Å². The van der Waals surface area contributed by atoms with Crippen LogP contribution in [0.4, 0.5) is 5.69 Å². The number of sulfonamides is 1. The summed E-state index contributed by atoms with van der Waals surface area (Å²) < 4.78 is 32.0. The zero-order valence-electron chi connectivity index (χ0n) is 22.4. The van der Waals surface area contributed by atoms with Crippen LogP contribution < -0.4 is 14.4 Å². The first-order valence-electron chi connectivity index (χ1n) is 12.1. The lowest BCUT2D eigenvalue weighted by molar-refractivity contribution is -0.141. The highest BCUT2D eigenvalue weighted by Crippen LogP contribution is 2.24. The minimum Gasteiger partial charge on any atom is -0.497 e. The fourth-order valence-electron chi connectivity index (χ4n) is 3.95. The molecular formula is C27H39N3O5S. The number of hydrogen-bond donors (Lipinski definition) is 1. The van der Waals surface area contributed by atoms with Crippen LogP contribution in [0.1, 0.15) is 52.2 Å². The zero-order valence-corrected chi connectivity index (χ0v) is 23.2. The number of nitrogens with zero attached hydrogens (tertiary/aromatic N) is 2. The highest BCUT2D eigenvalue weighted by Gasteiger charge is 2.33. The molecule has 2 amide bonds. The summed E-state index contributed by atoms with van der Waals surface area (Å²) in [6.07, 6.45) is 2.07. The largest absolute Gasteiger partial charge is 0.497 e. The first-order valence-corrected chi connectivity index (χ1v) is 14.0. The first-order chi connectivity index (χ1) is 16.8. The molecule has 0 heterocycles. The summed E-state index contributed by atoms with van der Waals surface area (Å²) in [5.74, 6) is -0.0710. The smallest absolute Gasteiger partial charge is 0.244 e.